The number of phenolic OH excluding ortho intramolecular Hbond substituents is 1. The second-order valence-corrected chi connectivity index (χ2v) is 7.18. The summed E-state index contributed by atoms with van der Waals surface area (Å²) in [7, 11) is 0. The second-order valence-electron chi connectivity index (χ2n) is 7.18. The summed E-state index contributed by atoms with van der Waals surface area (Å²) in [5.41, 5.74) is 6.38. The highest BCUT2D eigenvalue weighted by Gasteiger charge is 2.28. The normalized spacial score (nSPS) is 16.1. The van der Waals surface area contributed by atoms with Gasteiger partial charge in [0.2, 0.25) is 17.7 Å². The maximum Gasteiger partial charge on any atom is 0.241 e. The minimum atomic E-state index is -0.632. The Balaban J connectivity index is 1.75. The van der Waals surface area contributed by atoms with Crippen molar-refractivity contribution in [2.45, 2.75) is 32.7 Å². The van der Waals surface area contributed by atoms with E-state index in [2.05, 4.69) is 10.6 Å². The summed E-state index contributed by atoms with van der Waals surface area (Å²) in [5.74, 6) is -0.627. The number of carbonyl (C=O) groups excluding carboxylic acids is 3. The van der Waals surface area contributed by atoms with Gasteiger partial charge in [0.15, 0.2) is 0 Å². The van der Waals surface area contributed by atoms with Crippen LogP contribution < -0.4 is 16.4 Å². The molecule has 1 aromatic carbocycles. The maximum atomic E-state index is 12.3. The Morgan fingerprint density at radius 1 is 1.19 bits per heavy atom. The number of piperidine rings is 1. The third-order valence-corrected chi connectivity index (χ3v) is 4.79. The van der Waals surface area contributed by atoms with Gasteiger partial charge in [-0.05, 0) is 43.0 Å². The molecule has 1 aliphatic heterocycles. The number of rotatable bonds is 6. The monoisotopic (exact) mass is 376 g/mol. The first-order valence-corrected chi connectivity index (χ1v) is 9.19. The van der Waals surface area contributed by atoms with Crippen molar-refractivity contribution in [2.75, 3.05) is 25.0 Å². The summed E-state index contributed by atoms with van der Waals surface area (Å²) >= 11 is 0. The van der Waals surface area contributed by atoms with Crippen LogP contribution in [0, 0.1) is 11.8 Å². The van der Waals surface area contributed by atoms with Crippen LogP contribution in [0.2, 0.25) is 0 Å². The van der Waals surface area contributed by atoms with Crippen LogP contribution in [-0.4, -0.2) is 53.4 Å². The van der Waals surface area contributed by atoms with Crippen LogP contribution in [0.1, 0.15) is 26.7 Å². The zero-order chi connectivity index (χ0) is 20.0. The predicted octanol–water partition coefficient (Wildman–Crippen LogP) is 0.669. The van der Waals surface area contributed by atoms with Crippen molar-refractivity contribution in [3.8, 4) is 5.75 Å². The third kappa shape index (κ3) is 5.96. The summed E-state index contributed by atoms with van der Waals surface area (Å²) in [6.45, 7) is 4.56. The summed E-state index contributed by atoms with van der Waals surface area (Å²) in [6.07, 6.45) is 1.13. The van der Waals surface area contributed by atoms with Crippen molar-refractivity contribution in [1.29, 1.82) is 0 Å². The Kier molecular flexibility index (Phi) is 7.18. The number of aromatic hydroxyl groups is 1. The lowest BCUT2D eigenvalue weighted by Gasteiger charge is -2.31. The number of nitrogens with zero attached hydrogens (tertiary/aromatic N) is 1. The molecule has 1 aromatic rings. The van der Waals surface area contributed by atoms with E-state index >= 15 is 0 Å². The van der Waals surface area contributed by atoms with Gasteiger partial charge in [-0.3, -0.25) is 14.4 Å². The van der Waals surface area contributed by atoms with Gasteiger partial charge in [0.1, 0.15) is 5.75 Å². The van der Waals surface area contributed by atoms with Crippen LogP contribution in [-0.2, 0) is 14.4 Å². The lowest BCUT2D eigenvalue weighted by atomic mass is 9.95. The number of anilines is 1. The maximum absolute atomic E-state index is 12.3. The fraction of sp³-hybridized carbons (Fsp3) is 0.526. The molecule has 1 fully saturated rings. The molecule has 0 saturated carbocycles. The fourth-order valence-electron chi connectivity index (χ4n) is 2.88. The molecule has 2 rings (SSSR count). The molecular weight excluding hydrogens is 348 g/mol. The highest BCUT2D eigenvalue weighted by atomic mass is 16.3. The SMILES string of the molecule is CC(C)[C@H](N)C(=O)NCC(=O)N1CCC(C(=O)Nc2ccc(O)cc2)CC1. The molecule has 1 atom stereocenters. The molecule has 5 N–H and O–H groups in total. The number of nitrogens with one attached hydrogen (secondary N) is 2. The number of hydrogen-bond donors (Lipinski definition) is 4. The molecule has 148 valence electrons. The zero-order valence-electron chi connectivity index (χ0n) is 15.8. The molecule has 0 spiro atoms. The number of likely N-dealkylation sites (tertiary alicyclic amines) is 1. The lowest BCUT2D eigenvalue weighted by molar-refractivity contribution is -0.135. The number of nitrogens with two attached hydrogens (primary N) is 1. The molecule has 1 aliphatic rings. The predicted molar refractivity (Wildman–Crippen MR) is 102 cm³/mol. The minimum Gasteiger partial charge on any atom is -0.508 e. The van der Waals surface area contributed by atoms with Crippen LogP contribution in [0.15, 0.2) is 24.3 Å². The molecule has 0 unspecified atom stereocenters. The van der Waals surface area contributed by atoms with Gasteiger partial charge in [-0.15, -0.1) is 0 Å². The van der Waals surface area contributed by atoms with Gasteiger partial charge in [-0.2, -0.15) is 0 Å². The molecule has 1 heterocycles. The van der Waals surface area contributed by atoms with E-state index in [1.165, 1.54) is 12.1 Å². The number of amides is 3. The highest BCUT2D eigenvalue weighted by molar-refractivity contribution is 5.93. The van der Waals surface area contributed by atoms with E-state index < -0.39 is 6.04 Å². The number of phenols is 1. The summed E-state index contributed by atoms with van der Waals surface area (Å²) in [6, 6.07) is 5.66. The standard InChI is InChI=1S/C19H28N4O4/c1-12(2)17(20)19(27)21-11-16(25)23-9-7-13(8-10-23)18(26)22-14-3-5-15(24)6-4-14/h3-6,12-13,17,24H,7-11,20H2,1-2H3,(H,21,27)(H,22,26)/t17-/m0/s1. The van der Waals surface area contributed by atoms with Crippen LogP contribution >= 0.6 is 0 Å². The van der Waals surface area contributed by atoms with E-state index in [1.807, 2.05) is 13.8 Å². The van der Waals surface area contributed by atoms with Crippen molar-refractivity contribution >= 4 is 23.4 Å². The van der Waals surface area contributed by atoms with Crippen LogP contribution in [0.4, 0.5) is 5.69 Å². The quantitative estimate of drug-likeness (QED) is 0.543. The first-order valence-electron chi connectivity index (χ1n) is 9.19. The summed E-state index contributed by atoms with van der Waals surface area (Å²) in [5, 5.41) is 14.7. The molecule has 27 heavy (non-hydrogen) atoms. The van der Waals surface area contributed by atoms with Crippen molar-refractivity contribution < 1.29 is 19.5 Å². The van der Waals surface area contributed by atoms with Gasteiger partial charge in [0.25, 0.3) is 0 Å². The Morgan fingerprint density at radius 2 is 1.78 bits per heavy atom. The van der Waals surface area contributed by atoms with Crippen molar-refractivity contribution in [1.82, 2.24) is 10.2 Å². The number of carbonyl (C=O) groups is 3. The first-order chi connectivity index (χ1) is 12.8. The largest absolute Gasteiger partial charge is 0.508 e. The first kappa shape index (κ1) is 20.7. The van der Waals surface area contributed by atoms with Gasteiger partial charge in [-0.25, -0.2) is 0 Å². The summed E-state index contributed by atoms with van der Waals surface area (Å²) in [4.78, 5) is 38.1. The van der Waals surface area contributed by atoms with Crippen molar-refractivity contribution in [2.24, 2.45) is 17.6 Å². The zero-order valence-corrected chi connectivity index (χ0v) is 15.8. The Labute approximate surface area is 159 Å². The van der Waals surface area contributed by atoms with Gasteiger partial charge < -0.3 is 26.4 Å². The van der Waals surface area contributed by atoms with E-state index in [9.17, 15) is 19.5 Å². The second kappa shape index (κ2) is 9.36. The molecule has 3 amide bonds. The smallest absolute Gasteiger partial charge is 0.241 e. The molecular formula is C19H28N4O4. The van der Waals surface area contributed by atoms with E-state index in [-0.39, 0.29) is 41.9 Å². The summed E-state index contributed by atoms with van der Waals surface area (Å²) < 4.78 is 0. The number of benzene rings is 1. The molecule has 0 radical (unpaired) electrons. The van der Waals surface area contributed by atoms with Crippen molar-refractivity contribution in [3.63, 3.8) is 0 Å². The minimum absolute atomic E-state index is 0.00272. The molecule has 1 saturated heterocycles. The molecule has 0 bridgehead atoms. The lowest BCUT2D eigenvalue weighted by Crippen LogP contribution is -2.49. The fourth-order valence-corrected chi connectivity index (χ4v) is 2.88. The van der Waals surface area contributed by atoms with Gasteiger partial charge in [-0.1, -0.05) is 13.8 Å². The topological polar surface area (TPSA) is 125 Å². The molecule has 8 heteroatoms. The molecule has 0 aromatic heterocycles. The van der Waals surface area contributed by atoms with E-state index in [0.717, 1.165) is 0 Å². The van der Waals surface area contributed by atoms with E-state index in [1.54, 1.807) is 17.0 Å². The van der Waals surface area contributed by atoms with Crippen LogP contribution in [0.25, 0.3) is 0 Å². The molecule has 0 aliphatic carbocycles. The average Bonchev–Trinajstić information content (AvgIpc) is 2.67. The Bertz CT molecular complexity index is 667. The Morgan fingerprint density at radius 3 is 2.33 bits per heavy atom. The van der Waals surface area contributed by atoms with E-state index in [4.69, 9.17) is 5.73 Å². The van der Waals surface area contributed by atoms with Gasteiger partial charge in [0, 0.05) is 24.7 Å². The van der Waals surface area contributed by atoms with Crippen LogP contribution in [0.5, 0.6) is 5.75 Å². The van der Waals surface area contributed by atoms with Crippen LogP contribution in [0.3, 0.4) is 0 Å². The van der Waals surface area contributed by atoms with Gasteiger partial charge in [0.05, 0.1) is 12.6 Å². The Hall–Kier alpha value is -2.61. The highest BCUT2D eigenvalue weighted by Crippen LogP contribution is 2.20. The van der Waals surface area contributed by atoms with Gasteiger partial charge >= 0.3 is 0 Å². The van der Waals surface area contributed by atoms with Crippen molar-refractivity contribution in [3.05, 3.63) is 24.3 Å². The average molecular weight is 376 g/mol. The third-order valence-electron chi connectivity index (χ3n) is 4.79. The van der Waals surface area contributed by atoms with E-state index in [0.29, 0.717) is 31.6 Å². The number of hydrogen-bond acceptors (Lipinski definition) is 5. The molecule has 8 nitrogen and oxygen atoms in total.